The van der Waals surface area contributed by atoms with Gasteiger partial charge in [0.05, 0.1) is 35.4 Å². The van der Waals surface area contributed by atoms with Crippen LogP contribution in [-0.2, 0) is 17.8 Å². The Kier molecular flexibility index (Phi) is 8.94. The topological polar surface area (TPSA) is 156 Å². The van der Waals surface area contributed by atoms with Crippen LogP contribution in [-0.4, -0.2) is 33.5 Å². The fraction of sp³-hybridized carbons (Fsp3) is 0.0909. The number of hydrogen-bond donors (Lipinski definition) is 3. The Labute approximate surface area is 248 Å². The number of amides is 2. The zero-order valence-electron chi connectivity index (χ0n) is 23.0. The van der Waals surface area contributed by atoms with Gasteiger partial charge in [-0.3, -0.25) is 9.78 Å². The van der Waals surface area contributed by atoms with E-state index >= 15 is 0 Å². The van der Waals surface area contributed by atoms with Crippen molar-refractivity contribution in [1.29, 1.82) is 5.26 Å². The molecule has 212 valence electrons. The van der Waals surface area contributed by atoms with Gasteiger partial charge >= 0.3 is 6.09 Å². The first-order valence-corrected chi connectivity index (χ1v) is 13.4. The number of aromatic nitrogens is 3. The van der Waals surface area contributed by atoms with Gasteiger partial charge < -0.3 is 21.1 Å². The average Bonchev–Trinajstić information content (AvgIpc) is 3.05. The van der Waals surface area contributed by atoms with Crippen LogP contribution in [0.15, 0.2) is 104 Å². The van der Waals surface area contributed by atoms with Crippen LogP contribution in [0.5, 0.6) is 0 Å². The number of carbonyl (C=O) groups is 2. The molecule has 0 aliphatic rings. The number of benzene rings is 3. The van der Waals surface area contributed by atoms with E-state index < -0.39 is 12.0 Å². The molecule has 0 aliphatic heterocycles. The summed E-state index contributed by atoms with van der Waals surface area (Å²) >= 11 is 0. The van der Waals surface area contributed by atoms with E-state index in [1.807, 2.05) is 54.6 Å². The number of hydrogen-bond acceptors (Lipinski definition) is 8. The largest absolute Gasteiger partial charge is 0.445 e. The lowest BCUT2D eigenvalue weighted by Crippen LogP contribution is -2.26. The van der Waals surface area contributed by atoms with Crippen LogP contribution < -0.4 is 16.4 Å². The van der Waals surface area contributed by atoms with Gasteiger partial charge in [0.2, 0.25) is 0 Å². The maximum Gasteiger partial charge on any atom is 0.407 e. The van der Waals surface area contributed by atoms with E-state index in [1.165, 1.54) is 12.4 Å². The van der Waals surface area contributed by atoms with Gasteiger partial charge in [-0.25, -0.2) is 14.8 Å². The third-order valence-corrected chi connectivity index (χ3v) is 6.56. The normalized spacial score (nSPS) is 10.4. The van der Waals surface area contributed by atoms with Crippen LogP contribution in [0.3, 0.4) is 0 Å². The molecule has 2 aromatic heterocycles. The lowest BCUT2D eigenvalue weighted by Gasteiger charge is -2.12. The number of nitrogen functional groups attached to an aromatic ring is 1. The molecule has 10 heteroatoms. The first kappa shape index (κ1) is 28.4. The van der Waals surface area contributed by atoms with Crippen molar-refractivity contribution >= 4 is 23.5 Å². The van der Waals surface area contributed by atoms with Crippen molar-refractivity contribution < 1.29 is 14.3 Å². The highest BCUT2D eigenvalue weighted by Crippen LogP contribution is 2.28. The number of alkyl carbamates (subject to hydrolysis) is 1. The molecule has 0 spiro atoms. The van der Waals surface area contributed by atoms with Gasteiger partial charge in [0.25, 0.3) is 5.91 Å². The van der Waals surface area contributed by atoms with Crippen LogP contribution in [0.1, 0.15) is 27.2 Å². The summed E-state index contributed by atoms with van der Waals surface area (Å²) in [6, 6.07) is 27.9. The lowest BCUT2D eigenvalue weighted by atomic mass is 10.0. The highest BCUT2D eigenvalue weighted by Gasteiger charge is 2.17. The number of rotatable bonds is 9. The summed E-state index contributed by atoms with van der Waals surface area (Å²) in [5.41, 5.74) is 11.7. The molecule has 3 aromatic carbocycles. The van der Waals surface area contributed by atoms with Crippen molar-refractivity contribution in [2.24, 2.45) is 0 Å². The number of anilines is 2. The Balaban J connectivity index is 1.21. The zero-order chi connectivity index (χ0) is 30.0. The maximum absolute atomic E-state index is 13.2. The SMILES string of the molecule is N#Cc1ccc(-c2ccncc2NC(=O)c2nc(-c3ccc(CCNC(=O)OCc4ccccc4)cc3)cnc2N)cc1. The molecule has 0 saturated heterocycles. The summed E-state index contributed by atoms with van der Waals surface area (Å²) in [6.07, 6.45) is 4.80. The van der Waals surface area contributed by atoms with Crippen molar-refractivity contribution in [3.05, 3.63) is 126 Å². The van der Waals surface area contributed by atoms with Gasteiger partial charge in [0.1, 0.15) is 6.61 Å². The summed E-state index contributed by atoms with van der Waals surface area (Å²) in [6.45, 7) is 0.627. The standard InChI is InChI=1S/C33H27N7O3/c34-18-23-8-10-25(11-9-23)27-15-16-36-19-29(27)40-32(41)30-31(35)38-20-28(39-30)26-12-6-22(7-13-26)14-17-37-33(42)43-21-24-4-2-1-3-5-24/h1-13,15-16,19-20H,14,17,21H2,(H2,35,38)(H,37,42)(H,40,41). The molecule has 0 unspecified atom stereocenters. The third-order valence-electron chi connectivity index (χ3n) is 6.56. The van der Waals surface area contributed by atoms with Crippen molar-refractivity contribution in [1.82, 2.24) is 20.3 Å². The summed E-state index contributed by atoms with van der Waals surface area (Å²) in [5.74, 6) is -0.538. The number of nitrogens with one attached hydrogen (secondary N) is 2. The van der Waals surface area contributed by atoms with Crippen molar-refractivity contribution in [3.8, 4) is 28.5 Å². The molecule has 0 fully saturated rings. The summed E-state index contributed by atoms with van der Waals surface area (Å²) in [4.78, 5) is 38.1. The van der Waals surface area contributed by atoms with Crippen LogP contribution in [0.25, 0.3) is 22.4 Å². The third kappa shape index (κ3) is 7.36. The molecule has 0 atom stereocenters. The second-order valence-electron chi connectivity index (χ2n) is 9.49. The van der Waals surface area contributed by atoms with Gasteiger partial charge in [-0.15, -0.1) is 0 Å². The van der Waals surface area contributed by atoms with Gasteiger partial charge in [-0.2, -0.15) is 5.26 Å². The predicted molar refractivity (Wildman–Crippen MR) is 163 cm³/mol. The molecular weight excluding hydrogens is 542 g/mol. The van der Waals surface area contributed by atoms with Crippen molar-refractivity contribution in [3.63, 3.8) is 0 Å². The summed E-state index contributed by atoms with van der Waals surface area (Å²) in [5, 5.41) is 14.7. The minimum absolute atomic E-state index is 0.00749. The number of nitrogens with two attached hydrogens (primary N) is 1. The number of nitriles is 1. The molecule has 5 rings (SSSR count). The molecule has 5 aromatic rings. The number of carbonyl (C=O) groups excluding carboxylic acids is 2. The minimum atomic E-state index is -0.531. The molecular formula is C33H27N7O3. The van der Waals surface area contributed by atoms with Gasteiger partial charge in [-0.05, 0) is 41.3 Å². The van der Waals surface area contributed by atoms with E-state index in [2.05, 4.69) is 31.7 Å². The molecule has 0 saturated carbocycles. The first-order valence-electron chi connectivity index (χ1n) is 13.4. The molecule has 43 heavy (non-hydrogen) atoms. The number of ether oxygens (including phenoxy) is 1. The van der Waals surface area contributed by atoms with E-state index in [1.54, 1.807) is 36.5 Å². The van der Waals surface area contributed by atoms with Crippen LogP contribution in [0.2, 0.25) is 0 Å². The fourth-order valence-electron chi connectivity index (χ4n) is 4.28. The zero-order valence-corrected chi connectivity index (χ0v) is 23.0. The molecule has 0 bridgehead atoms. The van der Waals surface area contributed by atoms with Crippen LogP contribution >= 0.6 is 0 Å². The molecule has 0 aliphatic carbocycles. The maximum atomic E-state index is 13.2. The Morgan fingerprint density at radius 2 is 1.63 bits per heavy atom. The van der Waals surface area contributed by atoms with E-state index in [0.29, 0.717) is 29.9 Å². The molecule has 10 nitrogen and oxygen atoms in total. The lowest BCUT2D eigenvalue weighted by molar-refractivity contribution is 0.102. The predicted octanol–water partition coefficient (Wildman–Crippen LogP) is 5.38. The van der Waals surface area contributed by atoms with Gasteiger partial charge in [-0.1, -0.05) is 66.7 Å². The van der Waals surface area contributed by atoms with E-state index in [0.717, 1.165) is 27.8 Å². The first-order chi connectivity index (χ1) is 21.0. The fourth-order valence-corrected chi connectivity index (χ4v) is 4.28. The summed E-state index contributed by atoms with van der Waals surface area (Å²) in [7, 11) is 0. The number of nitrogens with zero attached hydrogens (tertiary/aromatic N) is 4. The van der Waals surface area contributed by atoms with Crippen molar-refractivity contribution in [2.75, 3.05) is 17.6 Å². The summed E-state index contributed by atoms with van der Waals surface area (Å²) < 4.78 is 5.24. The van der Waals surface area contributed by atoms with Crippen LogP contribution in [0, 0.1) is 11.3 Å². The Hall–Kier alpha value is -6.08. The molecule has 2 heterocycles. The van der Waals surface area contributed by atoms with Gasteiger partial charge in [0.15, 0.2) is 11.5 Å². The van der Waals surface area contributed by atoms with Crippen LogP contribution in [0.4, 0.5) is 16.3 Å². The van der Waals surface area contributed by atoms with E-state index in [4.69, 9.17) is 15.7 Å². The van der Waals surface area contributed by atoms with Gasteiger partial charge in [0, 0.05) is 23.9 Å². The highest BCUT2D eigenvalue weighted by molar-refractivity contribution is 6.07. The van der Waals surface area contributed by atoms with Crippen molar-refractivity contribution in [2.45, 2.75) is 13.0 Å². The average molecular weight is 570 g/mol. The van der Waals surface area contributed by atoms with E-state index in [9.17, 15) is 9.59 Å². The molecule has 4 N–H and O–H groups in total. The van der Waals surface area contributed by atoms with E-state index in [-0.39, 0.29) is 18.1 Å². The molecule has 0 radical (unpaired) electrons. The smallest absolute Gasteiger partial charge is 0.407 e. The Bertz CT molecular complexity index is 1770. The molecule has 2 amide bonds. The minimum Gasteiger partial charge on any atom is -0.445 e. The highest BCUT2D eigenvalue weighted by atomic mass is 16.5. The second-order valence-corrected chi connectivity index (χ2v) is 9.49. The Morgan fingerprint density at radius 3 is 2.37 bits per heavy atom. The number of pyridine rings is 1. The second kappa shape index (κ2) is 13.5. The monoisotopic (exact) mass is 569 g/mol. The quantitative estimate of drug-likeness (QED) is 0.214. The Morgan fingerprint density at radius 1 is 0.884 bits per heavy atom.